The van der Waals surface area contributed by atoms with Crippen LogP contribution in [-0.4, -0.2) is 56.8 Å². The number of piperidine rings is 1. The molecule has 160 valence electrons. The monoisotopic (exact) mass is 408 g/mol. The van der Waals surface area contributed by atoms with Crippen LogP contribution in [0.4, 0.5) is 0 Å². The summed E-state index contributed by atoms with van der Waals surface area (Å²) in [5.41, 5.74) is 3.23. The van der Waals surface area contributed by atoms with Gasteiger partial charge in [0.05, 0.1) is 6.61 Å². The first-order chi connectivity index (χ1) is 14.6. The van der Waals surface area contributed by atoms with Gasteiger partial charge in [0.1, 0.15) is 11.9 Å². The molecule has 1 amide bonds. The third-order valence-electron chi connectivity index (χ3n) is 5.21. The molecular formula is C25H32N2O3. The Morgan fingerprint density at radius 1 is 1.13 bits per heavy atom. The SMILES string of the molecule is COCCNC(=O)c1cccc(OC2CCN(C/C(C)=C/c3ccccc3)CC2)c1. The van der Waals surface area contributed by atoms with E-state index in [9.17, 15) is 4.79 Å². The quantitative estimate of drug-likeness (QED) is 0.637. The van der Waals surface area contributed by atoms with Crippen LogP contribution in [0.5, 0.6) is 5.75 Å². The van der Waals surface area contributed by atoms with Crippen molar-refractivity contribution in [3.05, 3.63) is 71.3 Å². The van der Waals surface area contributed by atoms with Crippen molar-refractivity contribution < 1.29 is 14.3 Å². The van der Waals surface area contributed by atoms with E-state index in [0.29, 0.717) is 18.7 Å². The molecule has 2 aromatic carbocycles. The minimum Gasteiger partial charge on any atom is -0.490 e. The molecule has 1 saturated heterocycles. The molecule has 1 N–H and O–H groups in total. The van der Waals surface area contributed by atoms with E-state index in [1.54, 1.807) is 13.2 Å². The molecule has 0 unspecified atom stereocenters. The maximum Gasteiger partial charge on any atom is 0.251 e. The average molecular weight is 409 g/mol. The summed E-state index contributed by atoms with van der Waals surface area (Å²) in [7, 11) is 1.62. The first kappa shape index (κ1) is 22.1. The molecule has 0 bridgehead atoms. The summed E-state index contributed by atoms with van der Waals surface area (Å²) < 4.78 is 11.1. The molecule has 3 rings (SSSR count). The Kier molecular flexibility index (Phi) is 8.48. The minimum absolute atomic E-state index is 0.104. The maximum absolute atomic E-state index is 12.2. The second-order valence-corrected chi connectivity index (χ2v) is 7.77. The van der Waals surface area contributed by atoms with Gasteiger partial charge in [0, 0.05) is 38.9 Å². The number of carbonyl (C=O) groups excluding carboxylic acids is 1. The second kappa shape index (κ2) is 11.5. The number of carbonyl (C=O) groups is 1. The van der Waals surface area contributed by atoms with E-state index >= 15 is 0 Å². The summed E-state index contributed by atoms with van der Waals surface area (Å²) in [6.07, 6.45) is 4.42. The van der Waals surface area contributed by atoms with Crippen LogP contribution in [0.3, 0.4) is 0 Å². The largest absolute Gasteiger partial charge is 0.490 e. The van der Waals surface area contributed by atoms with Crippen molar-refractivity contribution in [1.29, 1.82) is 0 Å². The Bertz CT molecular complexity index is 827. The summed E-state index contributed by atoms with van der Waals surface area (Å²) in [4.78, 5) is 14.7. The van der Waals surface area contributed by atoms with E-state index in [2.05, 4.69) is 47.5 Å². The van der Waals surface area contributed by atoms with Crippen molar-refractivity contribution in [2.75, 3.05) is 39.9 Å². The number of ether oxygens (including phenoxy) is 2. The summed E-state index contributed by atoms with van der Waals surface area (Å²) in [5.74, 6) is 0.654. The molecule has 0 spiro atoms. The van der Waals surface area contributed by atoms with Crippen LogP contribution in [0.15, 0.2) is 60.2 Å². The molecule has 0 radical (unpaired) electrons. The number of hydrogen-bond acceptors (Lipinski definition) is 4. The van der Waals surface area contributed by atoms with E-state index in [0.717, 1.165) is 38.2 Å². The number of rotatable bonds is 9. The third kappa shape index (κ3) is 7.01. The number of likely N-dealkylation sites (tertiary alicyclic amines) is 1. The fourth-order valence-electron chi connectivity index (χ4n) is 3.69. The summed E-state index contributed by atoms with van der Waals surface area (Å²) in [6, 6.07) is 17.9. The lowest BCUT2D eigenvalue weighted by molar-refractivity contribution is 0.0932. The Hall–Kier alpha value is -2.63. The van der Waals surface area contributed by atoms with Gasteiger partial charge in [-0.25, -0.2) is 0 Å². The predicted octanol–water partition coefficient (Wildman–Crippen LogP) is 4.01. The fourth-order valence-corrected chi connectivity index (χ4v) is 3.69. The van der Waals surface area contributed by atoms with Crippen LogP contribution in [0.2, 0.25) is 0 Å². The van der Waals surface area contributed by atoms with Gasteiger partial charge in [-0.1, -0.05) is 48.0 Å². The van der Waals surface area contributed by atoms with E-state index in [1.807, 2.05) is 24.3 Å². The van der Waals surface area contributed by atoms with Gasteiger partial charge in [-0.05, 0) is 43.5 Å². The summed E-state index contributed by atoms with van der Waals surface area (Å²) >= 11 is 0. The van der Waals surface area contributed by atoms with Gasteiger partial charge in [0.2, 0.25) is 0 Å². The van der Waals surface area contributed by atoms with Gasteiger partial charge in [-0.15, -0.1) is 0 Å². The number of hydrogen-bond donors (Lipinski definition) is 1. The van der Waals surface area contributed by atoms with Gasteiger partial charge in [-0.3, -0.25) is 9.69 Å². The van der Waals surface area contributed by atoms with Gasteiger partial charge in [0.15, 0.2) is 0 Å². The minimum atomic E-state index is -0.104. The van der Waals surface area contributed by atoms with Gasteiger partial charge >= 0.3 is 0 Å². The Morgan fingerprint density at radius 2 is 1.90 bits per heavy atom. The molecule has 2 aromatic rings. The molecule has 1 heterocycles. The predicted molar refractivity (Wildman–Crippen MR) is 121 cm³/mol. The lowest BCUT2D eigenvalue weighted by Gasteiger charge is -2.32. The molecule has 1 aliphatic heterocycles. The number of amides is 1. The number of nitrogens with one attached hydrogen (secondary N) is 1. The topological polar surface area (TPSA) is 50.8 Å². The Balaban J connectivity index is 1.46. The molecule has 0 atom stereocenters. The highest BCUT2D eigenvalue weighted by atomic mass is 16.5. The number of nitrogens with zero attached hydrogens (tertiary/aromatic N) is 1. The molecule has 0 saturated carbocycles. The zero-order chi connectivity index (χ0) is 21.2. The highest BCUT2D eigenvalue weighted by Gasteiger charge is 2.21. The summed E-state index contributed by atoms with van der Waals surface area (Å²) in [6.45, 7) is 6.21. The van der Waals surface area contributed by atoms with Crippen molar-refractivity contribution in [3.63, 3.8) is 0 Å². The summed E-state index contributed by atoms with van der Waals surface area (Å²) in [5, 5.41) is 2.84. The second-order valence-electron chi connectivity index (χ2n) is 7.77. The first-order valence-corrected chi connectivity index (χ1v) is 10.6. The lowest BCUT2D eigenvalue weighted by atomic mass is 10.1. The van der Waals surface area contributed by atoms with Crippen LogP contribution in [0, 0.1) is 0 Å². The highest BCUT2D eigenvalue weighted by molar-refractivity contribution is 5.94. The average Bonchev–Trinajstić information content (AvgIpc) is 2.76. The number of benzene rings is 2. The van der Waals surface area contributed by atoms with E-state index in [1.165, 1.54) is 11.1 Å². The zero-order valence-corrected chi connectivity index (χ0v) is 18.0. The van der Waals surface area contributed by atoms with Crippen LogP contribution in [0.25, 0.3) is 6.08 Å². The first-order valence-electron chi connectivity index (χ1n) is 10.6. The van der Waals surface area contributed by atoms with Crippen molar-refractivity contribution in [2.45, 2.75) is 25.9 Å². The maximum atomic E-state index is 12.2. The third-order valence-corrected chi connectivity index (χ3v) is 5.21. The van der Waals surface area contributed by atoms with Crippen LogP contribution in [0.1, 0.15) is 35.7 Å². The molecule has 5 nitrogen and oxygen atoms in total. The smallest absolute Gasteiger partial charge is 0.251 e. The van der Waals surface area contributed by atoms with Crippen LogP contribution < -0.4 is 10.1 Å². The van der Waals surface area contributed by atoms with Crippen molar-refractivity contribution in [3.8, 4) is 5.75 Å². The Morgan fingerprint density at radius 3 is 2.63 bits per heavy atom. The lowest BCUT2D eigenvalue weighted by Crippen LogP contribution is -2.39. The zero-order valence-electron chi connectivity index (χ0n) is 18.0. The van der Waals surface area contributed by atoms with Crippen LogP contribution in [-0.2, 0) is 4.74 Å². The highest BCUT2D eigenvalue weighted by Crippen LogP contribution is 2.21. The molecule has 30 heavy (non-hydrogen) atoms. The molecule has 1 fully saturated rings. The van der Waals surface area contributed by atoms with E-state index in [-0.39, 0.29) is 12.0 Å². The van der Waals surface area contributed by atoms with E-state index in [4.69, 9.17) is 9.47 Å². The van der Waals surface area contributed by atoms with Gasteiger partial charge < -0.3 is 14.8 Å². The van der Waals surface area contributed by atoms with Crippen molar-refractivity contribution in [2.24, 2.45) is 0 Å². The normalized spacial score (nSPS) is 15.7. The van der Waals surface area contributed by atoms with Gasteiger partial charge in [0.25, 0.3) is 5.91 Å². The van der Waals surface area contributed by atoms with Gasteiger partial charge in [-0.2, -0.15) is 0 Å². The molecular weight excluding hydrogens is 376 g/mol. The molecule has 0 aliphatic carbocycles. The molecule has 1 aliphatic rings. The number of methoxy groups -OCH3 is 1. The fraction of sp³-hybridized carbons (Fsp3) is 0.400. The van der Waals surface area contributed by atoms with Crippen molar-refractivity contribution in [1.82, 2.24) is 10.2 Å². The van der Waals surface area contributed by atoms with E-state index < -0.39 is 0 Å². The van der Waals surface area contributed by atoms with Crippen molar-refractivity contribution >= 4 is 12.0 Å². The Labute approximate surface area is 179 Å². The standard InChI is InChI=1S/C25H32N2O3/c1-20(17-21-7-4-3-5-8-21)19-27-14-11-23(12-15-27)30-24-10-6-9-22(18-24)25(28)26-13-16-29-2/h3-10,17-18,23H,11-16,19H2,1-2H3,(H,26,28)/b20-17+. The van der Waals surface area contributed by atoms with Crippen LogP contribution >= 0.6 is 0 Å². The molecule has 5 heteroatoms. The molecule has 0 aromatic heterocycles.